The van der Waals surface area contributed by atoms with Crippen LogP contribution in [0.1, 0.15) is 72.0 Å². The molecule has 3 aromatic rings. The Morgan fingerprint density at radius 2 is 1.98 bits per heavy atom. The van der Waals surface area contributed by atoms with Gasteiger partial charge in [0.15, 0.2) is 5.60 Å². The van der Waals surface area contributed by atoms with Crippen LogP contribution in [-0.2, 0) is 39.5 Å². The number of ether oxygens (including phenoxy) is 1. The fraction of sp³-hybridized carbons (Fsp3) is 0.484. The second kappa shape index (κ2) is 8.23. The van der Waals surface area contributed by atoms with Crippen molar-refractivity contribution in [1.29, 1.82) is 0 Å². The number of pyridine rings is 2. The van der Waals surface area contributed by atoms with Crippen molar-refractivity contribution in [3.63, 3.8) is 0 Å². The van der Waals surface area contributed by atoms with Crippen molar-refractivity contribution in [3.8, 4) is 11.4 Å². The standard InChI is InChI=1S/C31H29F3N4O5/c1-3-30(42)17-6-21-24-15(10-38(21)26(39)16(17)11-43-28(30)41)23-19(5-4-14-12(2)18(32)7-20(36-24)22(14)23)37-27(40)29-8-13(9-29)25(35)31(29,33)34/h6-7,13,19,25,42H,3-5,8-11,35H2,1-2H3,(H,37,40)/t13?,19-,25+,29?,30-/m0/s1. The molecular formula is C31H29F3N4O5. The van der Waals surface area contributed by atoms with Gasteiger partial charge in [0.05, 0.1) is 41.1 Å². The molecule has 0 radical (unpaired) electrons. The Hall–Kier alpha value is -3.77. The van der Waals surface area contributed by atoms with Crippen molar-refractivity contribution in [2.24, 2.45) is 17.1 Å². The Balaban J connectivity index is 1.32. The van der Waals surface area contributed by atoms with Crippen LogP contribution in [-0.4, -0.2) is 38.5 Å². The largest absolute Gasteiger partial charge is 0.458 e. The van der Waals surface area contributed by atoms with E-state index in [4.69, 9.17) is 15.5 Å². The molecule has 2 aromatic heterocycles. The highest BCUT2D eigenvalue weighted by Gasteiger charge is 2.77. The Bertz CT molecular complexity index is 1900. The van der Waals surface area contributed by atoms with Gasteiger partial charge in [0.2, 0.25) is 5.91 Å². The van der Waals surface area contributed by atoms with Gasteiger partial charge < -0.3 is 25.5 Å². The molecule has 6 aliphatic rings. The van der Waals surface area contributed by atoms with Gasteiger partial charge >= 0.3 is 5.97 Å². The first-order valence-electron chi connectivity index (χ1n) is 14.6. The number of aromatic nitrogens is 2. The normalized spacial score (nSPS) is 30.8. The zero-order chi connectivity index (χ0) is 30.4. The van der Waals surface area contributed by atoms with Crippen molar-refractivity contribution in [1.82, 2.24) is 14.9 Å². The number of cyclic esters (lactones) is 1. The number of hydrogen-bond donors (Lipinski definition) is 3. The van der Waals surface area contributed by atoms with Gasteiger partial charge in [-0.25, -0.2) is 22.9 Å². The zero-order valence-electron chi connectivity index (χ0n) is 23.5. The number of amides is 1. The van der Waals surface area contributed by atoms with Crippen LogP contribution in [0.4, 0.5) is 13.2 Å². The molecule has 0 saturated heterocycles. The molecule has 3 fully saturated rings. The maximum absolute atomic E-state index is 15.2. The molecule has 12 heteroatoms. The number of benzene rings is 1. The topological polar surface area (TPSA) is 137 Å². The molecule has 0 unspecified atom stereocenters. The SMILES string of the molecule is CC[C@@]1(O)C(=O)OCc2c1cc1n(c2=O)Cc2c-1nc1cc(F)c(C)c3c1c2[C@@H](NC(=O)C12CC(C1)[C@@H](N)C2(F)F)CC3. The molecule has 0 spiro atoms. The number of halogens is 3. The van der Waals surface area contributed by atoms with Gasteiger partial charge in [0, 0.05) is 22.6 Å². The molecular weight excluding hydrogens is 565 g/mol. The summed E-state index contributed by atoms with van der Waals surface area (Å²) in [5.41, 5.74) is 5.14. The maximum atomic E-state index is 15.2. The number of nitrogens with one attached hydrogen (secondary N) is 1. The molecule has 43 heavy (non-hydrogen) atoms. The third-order valence-electron chi connectivity index (χ3n) is 10.9. The number of nitrogens with two attached hydrogens (primary N) is 1. The maximum Gasteiger partial charge on any atom is 0.343 e. The highest BCUT2D eigenvalue weighted by molar-refractivity contribution is 5.94. The summed E-state index contributed by atoms with van der Waals surface area (Å²) in [6, 6.07) is 0.814. The van der Waals surface area contributed by atoms with Crippen LogP contribution in [0.5, 0.6) is 0 Å². The molecule has 9 rings (SSSR count). The third-order valence-corrected chi connectivity index (χ3v) is 10.9. The molecule has 1 amide bonds. The molecule has 3 saturated carbocycles. The first-order chi connectivity index (χ1) is 20.3. The van der Waals surface area contributed by atoms with Gasteiger partial charge in [-0.15, -0.1) is 0 Å². The van der Waals surface area contributed by atoms with E-state index in [9.17, 15) is 19.5 Å². The lowest BCUT2D eigenvalue weighted by Crippen LogP contribution is -2.54. The van der Waals surface area contributed by atoms with E-state index in [0.29, 0.717) is 51.8 Å². The summed E-state index contributed by atoms with van der Waals surface area (Å²) in [4.78, 5) is 44.7. The second-order valence-electron chi connectivity index (χ2n) is 12.8. The predicted molar refractivity (Wildman–Crippen MR) is 147 cm³/mol. The van der Waals surface area contributed by atoms with E-state index >= 15 is 13.2 Å². The van der Waals surface area contributed by atoms with Crippen molar-refractivity contribution >= 4 is 22.8 Å². The lowest BCUT2D eigenvalue weighted by Gasteiger charge is -2.40. The summed E-state index contributed by atoms with van der Waals surface area (Å²) in [5, 5.41) is 14.8. The monoisotopic (exact) mass is 594 g/mol. The van der Waals surface area contributed by atoms with E-state index in [1.165, 1.54) is 10.6 Å². The minimum atomic E-state index is -3.33. The number of hydrogen-bond acceptors (Lipinski definition) is 7. The van der Waals surface area contributed by atoms with Crippen LogP contribution in [0.3, 0.4) is 0 Å². The van der Waals surface area contributed by atoms with Gasteiger partial charge in [0.1, 0.15) is 17.8 Å². The molecule has 2 aliphatic heterocycles. The van der Waals surface area contributed by atoms with Crippen molar-refractivity contribution in [2.45, 2.75) is 82.7 Å². The van der Waals surface area contributed by atoms with Gasteiger partial charge in [-0.3, -0.25) is 9.59 Å². The van der Waals surface area contributed by atoms with Crippen molar-refractivity contribution in [2.75, 3.05) is 0 Å². The van der Waals surface area contributed by atoms with Gasteiger partial charge in [0.25, 0.3) is 11.5 Å². The average molecular weight is 595 g/mol. The van der Waals surface area contributed by atoms with Crippen LogP contribution in [0.15, 0.2) is 16.9 Å². The van der Waals surface area contributed by atoms with Crippen LogP contribution >= 0.6 is 0 Å². The molecule has 4 N–H and O–H groups in total. The summed E-state index contributed by atoms with van der Waals surface area (Å²) >= 11 is 0. The number of fused-ring (bicyclic) bond motifs is 6. The first kappa shape index (κ1) is 26.8. The Labute approximate surface area is 243 Å². The average Bonchev–Trinajstić information content (AvgIpc) is 3.48. The van der Waals surface area contributed by atoms with E-state index in [2.05, 4.69) is 5.32 Å². The number of carbonyl (C=O) groups is 2. The van der Waals surface area contributed by atoms with Gasteiger partial charge in [-0.1, -0.05) is 6.92 Å². The quantitative estimate of drug-likeness (QED) is 0.310. The zero-order valence-corrected chi connectivity index (χ0v) is 23.5. The minimum Gasteiger partial charge on any atom is -0.458 e. The first-order valence-corrected chi connectivity index (χ1v) is 14.6. The van der Waals surface area contributed by atoms with E-state index in [1.807, 2.05) is 0 Å². The molecule has 1 aromatic carbocycles. The number of esters is 1. The van der Waals surface area contributed by atoms with Crippen LogP contribution in [0.25, 0.3) is 22.3 Å². The van der Waals surface area contributed by atoms with Crippen molar-refractivity contribution < 1.29 is 32.6 Å². The molecule has 224 valence electrons. The van der Waals surface area contributed by atoms with E-state index in [1.54, 1.807) is 19.9 Å². The second-order valence-corrected chi connectivity index (χ2v) is 12.8. The Morgan fingerprint density at radius 3 is 2.65 bits per heavy atom. The molecule has 2 bridgehead atoms. The minimum absolute atomic E-state index is 0.0240. The van der Waals surface area contributed by atoms with E-state index in [-0.39, 0.29) is 43.5 Å². The molecule has 9 nitrogen and oxygen atoms in total. The summed E-state index contributed by atoms with van der Waals surface area (Å²) in [7, 11) is 0. The number of carbonyl (C=O) groups excluding carboxylic acids is 2. The molecule has 3 atom stereocenters. The fourth-order valence-corrected chi connectivity index (χ4v) is 8.31. The predicted octanol–water partition coefficient (Wildman–Crippen LogP) is 3.00. The summed E-state index contributed by atoms with van der Waals surface area (Å²) < 4.78 is 52.1. The van der Waals surface area contributed by atoms with Gasteiger partial charge in [-0.05, 0) is 67.7 Å². The number of rotatable bonds is 3. The number of aryl methyl sites for hydroxylation is 1. The smallest absolute Gasteiger partial charge is 0.343 e. The van der Waals surface area contributed by atoms with Crippen LogP contribution in [0, 0.1) is 24.1 Å². The summed E-state index contributed by atoms with van der Waals surface area (Å²) in [6.45, 7) is 3.05. The molecule has 4 aliphatic carbocycles. The highest BCUT2D eigenvalue weighted by Crippen LogP contribution is 2.66. The Morgan fingerprint density at radius 1 is 1.23 bits per heavy atom. The third kappa shape index (κ3) is 3.05. The van der Waals surface area contributed by atoms with Crippen LogP contribution in [0.2, 0.25) is 0 Å². The van der Waals surface area contributed by atoms with Gasteiger partial charge in [-0.2, -0.15) is 0 Å². The fourth-order valence-electron chi connectivity index (χ4n) is 8.31. The summed E-state index contributed by atoms with van der Waals surface area (Å²) in [6.07, 6.45) is 0.763. The highest BCUT2D eigenvalue weighted by atomic mass is 19.3. The lowest BCUT2D eigenvalue weighted by molar-refractivity contribution is -0.172. The van der Waals surface area contributed by atoms with E-state index in [0.717, 1.165) is 5.56 Å². The Kier molecular flexibility index (Phi) is 5.14. The summed E-state index contributed by atoms with van der Waals surface area (Å²) in [5.74, 6) is -5.79. The molecule has 4 heterocycles. The van der Waals surface area contributed by atoms with Crippen LogP contribution < -0.4 is 16.6 Å². The lowest BCUT2D eigenvalue weighted by atomic mass is 9.67. The van der Waals surface area contributed by atoms with Crippen molar-refractivity contribution in [3.05, 3.63) is 61.7 Å². The number of nitrogens with zero attached hydrogens (tertiary/aromatic N) is 2. The van der Waals surface area contributed by atoms with E-state index < -0.39 is 58.2 Å². The number of alkyl halides is 2. The number of aliphatic hydroxyl groups is 1.